The zero-order valence-corrected chi connectivity index (χ0v) is 7.38. The van der Waals surface area contributed by atoms with E-state index in [4.69, 9.17) is 17.3 Å². The highest BCUT2D eigenvalue weighted by Crippen LogP contribution is 2.19. The highest BCUT2D eigenvalue weighted by Gasteiger charge is 2.00. The van der Waals surface area contributed by atoms with Gasteiger partial charge in [-0.2, -0.15) is 0 Å². The van der Waals surface area contributed by atoms with E-state index in [1.54, 1.807) is 18.2 Å². The summed E-state index contributed by atoms with van der Waals surface area (Å²) in [5, 5.41) is 4.14. The number of benzene rings is 1. The Balaban J connectivity index is 3.04. The zero-order valence-electron chi connectivity index (χ0n) is 6.62. The summed E-state index contributed by atoms with van der Waals surface area (Å²) >= 11 is 5.84. The molecule has 0 radical (unpaired) electrons. The maximum absolute atomic E-state index is 5.84. The molecule has 3 nitrogen and oxygen atoms in total. The Bertz CT molecular complexity index is 279. The summed E-state index contributed by atoms with van der Waals surface area (Å²) in [6, 6.07) is 5.28. The summed E-state index contributed by atoms with van der Waals surface area (Å²) in [6.07, 6.45) is 1.48. The van der Waals surface area contributed by atoms with Crippen LogP contribution in [0.1, 0.15) is 5.56 Å². The fraction of sp³-hybridized carbons (Fsp3) is 0.125. The van der Waals surface area contributed by atoms with E-state index in [2.05, 4.69) is 9.99 Å². The van der Waals surface area contributed by atoms with Gasteiger partial charge >= 0.3 is 0 Å². The highest BCUT2D eigenvalue weighted by atomic mass is 35.5. The number of nitrogens with zero attached hydrogens (tertiary/aromatic N) is 1. The summed E-state index contributed by atoms with van der Waals surface area (Å²) in [6.45, 7) is 0. The maximum Gasteiger partial charge on any atom is 0.106 e. The van der Waals surface area contributed by atoms with Crippen molar-refractivity contribution in [2.24, 2.45) is 5.16 Å². The lowest BCUT2D eigenvalue weighted by Crippen LogP contribution is -1.93. The van der Waals surface area contributed by atoms with Gasteiger partial charge in [0.2, 0.25) is 0 Å². The topological polar surface area (TPSA) is 47.6 Å². The predicted molar refractivity (Wildman–Crippen MR) is 50.5 cm³/mol. The molecule has 0 fully saturated rings. The van der Waals surface area contributed by atoms with E-state index in [1.165, 1.54) is 13.3 Å². The Labute approximate surface area is 75.8 Å². The molecule has 0 spiro atoms. The first-order valence-corrected chi connectivity index (χ1v) is 3.74. The molecule has 4 heteroatoms. The number of anilines is 1. The minimum absolute atomic E-state index is 0.566. The van der Waals surface area contributed by atoms with Gasteiger partial charge in [0.05, 0.1) is 11.2 Å². The van der Waals surface area contributed by atoms with E-state index in [1.807, 2.05) is 0 Å². The first-order chi connectivity index (χ1) is 5.75. The number of hydrogen-bond acceptors (Lipinski definition) is 3. The zero-order chi connectivity index (χ0) is 8.97. The molecule has 0 heterocycles. The van der Waals surface area contributed by atoms with Crippen molar-refractivity contribution in [3.63, 3.8) is 0 Å². The predicted octanol–water partition coefficient (Wildman–Crippen LogP) is 1.90. The molecule has 64 valence electrons. The summed E-state index contributed by atoms with van der Waals surface area (Å²) in [7, 11) is 1.46. The van der Waals surface area contributed by atoms with Gasteiger partial charge in [-0.1, -0.05) is 22.8 Å². The van der Waals surface area contributed by atoms with E-state index >= 15 is 0 Å². The van der Waals surface area contributed by atoms with E-state index < -0.39 is 0 Å². The summed E-state index contributed by atoms with van der Waals surface area (Å²) in [5.74, 6) is 0. The minimum Gasteiger partial charge on any atom is -0.399 e. The fourth-order valence-corrected chi connectivity index (χ4v) is 1.03. The van der Waals surface area contributed by atoms with Gasteiger partial charge in [0, 0.05) is 11.3 Å². The van der Waals surface area contributed by atoms with Crippen molar-refractivity contribution in [1.29, 1.82) is 0 Å². The summed E-state index contributed by atoms with van der Waals surface area (Å²) in [4.78, 5) is 4.51. The molecule has 1 aromatic rings. The number of nitrogen functional groups attached to an aromatic ring is 1. The minimum atomic E-state index is 0.566. The molecule has 0 aliphatic heterocycles. The Morgan fingerprint density at radius 3 is 2.92 bits per heavy atom. The molecule has 12 heavy (non-hydrogen) atoms. The average molecular weight is 185 g/mol. The second kappa shape index (κ2) is 3.97. The van der Waals surface area contributed by atoms with Crippen LogP contribution in [0.5, 0.6) is 0 Å². The van der Waals surface area contributed by atoms with Crippen LogP contribution >= 0.6 is 11.6 Å². The molecule has 0 unspecified atom stereocenters. The van der Waals surface area contributed by atoms with E-state index in [-0.39, 0.29) is 0 Å². The molecule has 0 saturated heterocycles. The Morgan fingerprint density at radius 2 is 2.33 bits per heavy atom. The van der Waals surface area contributed by atoms with Crippen molar-refractivity contribution in [2.75, 3.05) is 12.8 Å². The van der Waals surface area contributed by atoms with Gasteiger partial charge in [-0.3, -0.25) is 0 Å². The monoisotopic (exact) mass is 184 g/mol. The van der Waals surface area contributed by atoms with Crippen LogP contribution in [0.2, 0.25) is 5.02 Å². The molecule has 0 bridgehead atoms. The maximum atomic E-state index is 5.84. The third kappa shape index (κ3) is 1.89. The molecule has 0 aromatic heterocycles. The summed E-state index contributed by atoms with van der Waals surface area (Å²) in [5.41, 5.74) is 6.90. The van der Waals surface area contributed by atoms with Crippen LogP contribution in [0, 0.1) is 0 Å². The first kappa shape index (κ1) is 8.87. The van der Waals surface area contributed by atoms with Crippen molar-refractivity contribution in [2.45, 2.75) is 0 Å². The molecule has 0 aliphatic carbocycles. The quantitative estimate of drug-likeness (QED) is 0.434. The third-order valence-corrected chi connectivity index (χ3v) is 1.70. The smallest absolute Gasteiger partial charge is 0.106 e. The molecule has 0 aliphatic rings. The number of oxime groups is 1. The van der Waals surface area contributed by atoms with Gasteiger partial charge in [-0.05, 0) is 12.1 Å². The van der Waals surface area contributed by atoms with Crippen molar-refractivity contribution in [3.05, 3.63) is 28.8 Å². The SMILES string of the molecule is CO/N=C/c1c(N)cccc1Cl. The molecule has 1 rings (SSSR count). The van der Waals surface area contributed by atoms with Gasteiger partial charge in [0.1, 0.15) is 7.11 Å². The Kier molecular flexibility index (Phi) is 2.94. The molecule has 2 N–H and O–H groups in total. The highest BCUT2D eigenvalue weighted by molar-refractivity contribution is 6.33. The first-order valence-electron chi connectivity index (χ1n) is 3.36. The second-order valence-corrected chi connectivity index (χ2v) is 2.57. The van der Waals surface area contributed by atoms with Crippen LogP contribution < -0.4 is 5.73 Å². The largest absolute Gasteiger partial charge is 0.399 e. The fourth-order valence-electron chi connectivity index (χ4n) is 0.795. The molecule has 1 aromatic carbocycles. The molecular weight excluding hydrogens is 176 g/mol. The lowest BCUT2D eigenvalue weighted by molar-refractivity contribution is 0.215. The number of halogens is 1. The standard InChI is InChI=1S/C8H9ClN2O/c1-12-11-5-6-7(9)3-2-4-8(6)10/h2-5H,10H2,1H3/b11-5+. The van der Waals surface area contributed by atoms with E-state index in [0.717, 1.165) is 0 Å². The summed E-state index contributed by atoms with van der Waals surface area (Å²) < 4.78 is 0. The number of rotatable bonds is 2. The Morgan fingerprint density at radius 1 is 1.58 bits per heavy atom. The van der Waals surface area contributed by atoms with Gasteiger partial charge < -0.3 is 10.6 Å². The van der Waals surface area contributed by atoms with Crippen LogP contribution in [0.4, 0.5) is 5.69 Å². The van der Waals surface area contributed by atoms with Crippen LogP contribution in [0.15, 0.2) is 23.4 Å². The van der Waals surface area contributed by atoms with Crippen molar-refractivity contribution in [3.8, 4) is 0 Å². The van der Waals surface area contributed by atoms with Crippen molar-refractivity contribution >= 4 is 23.5 Å². The van der Waals surface area contributed by atoms with Crippen LogP contribution in [0.3, 0.4) is 0 Å². The van der Waals surface area contributed by atoms with Gasteiger partial charge in [0.25, 0.3) is 0 Å². The molecule has 0 amide bonds. The van der Waals surface area contributed by atoms with Crippen LogP contribution in [0.25, 0.3) is 0 Å². The number of nitrogens with two attached hydrogens (primary N) is 1. The van der Waals surface area contributed by atoms with Gasteiger partial charge in [0.15, 0.2) is 0 Å². The second-order valence-electron chi connectivity index (χ2n) is 2.16. The number of hydrogen-bond donors (Lipinski definition) is 1. The van der Waals surface area contributed by atoms with Crippen molar-refractivity contribution < 1.29 is 4.84 Å². The lowest BCUT2D eigenvalue weighted by atomic mass is 10.2. The molecule has 0 saturated carbocycles. The molecular formula is C8H9ClN2O. The van der Waals surface area contributed by atoms with Gasteiger partial charge in [-0.15, -0.1) is 0 Å². The van der Waals surface area contributed by atoms with Crippen molar-refractivity contribution in [1.82, 2.24) is 0 Å². The Hall–Kier alpha value is -1.22. The third-order valence-electron chi connectivity index (χ3n) is 1.37. The van der Waals surface area contributed by atoms with Gasteiger partial charge in [-0.25, -0.2) is 0 Å². The van der Waals surface area contributed by atoms with Crippen LogP contribution in [-0.2, 0) is 4.84 Å². The molecule has 0 atom stereocenters. The average Bonchev–Trinajstić information content (AvgIpc) is 2.04. The van der Waals surface area contributed by atoms with Crippen LogP contribution in [-0.4, -0.2) is 13.3 Å². The lowest BCUT2D eigenvalue weighted by Gasteiger charge is -2.00. The normalized spacial score (nSPS) is 10.5. The van der Waals surface area contributed by atoms with E-state index in [0.29, 0.717) is 16.3 Å². The van der Waals surface area contributed by atoms with E-state index in [9.17, 15) is 0 Å².